The number of hydrogen-bond acceptors (Lipinski definition) is 18. The van der Waals surface area contributed by atoms with Crippen LogP contribution in [0.25, 0.3) is 0 Å². The zero-order chi connectivity index (χ0) is 58.2. The molecule has 0 aliphatic heterocycles. The molecule has 0 aliphatic rings. The zero-order valence-electron chi connectivity index (χ0n) is 45.8. The van der Waals surface area contributed by atoms with Crippen molar-refractivity contribution in [3.05, 3.63) is 119 Å². The number of anilines is 2. The molecule has 22 nitrogen and oxygen atoms in total. The Morgan fingerprint density at radius 2 is 0.795 bits per heavy atom. The van der Waals surface area contributed by atoms with Crippen LogP contribution in [0.1, 0.15) is 100 Å². The molecule has 0 spiro atoms. The Kier molecular flexibility index (Phi) is 23.2. The largest absolute Gasteiger partial charge is 0.459 e. The van der Waals surface area contributed by atoms with Crippen molar-refractivity contribution in [2.45, 2.75) is 105 Å². The van der Waals surface area contributed by atoms with Crippen LogP contribution < -0.4 is 20.9 Å². The highest BCUT2D eigenvalue weighted by Crippen LogP contribution is 2.25. The van der Waals surface area contributed by atoms with E-state index in [4.69, 9.17) is 39.9 Å². The lowest BCUT2D eigenvalue weighted by Gasteiger charge is -2.34. The fourth-order valence-electron chi connectivity index (χ4n) is 7.32. The fraction of sp³-hybridized carbons (Fsp3) is 0.444. The summed E-state index contributed by atoms with van der Waals surface area (Å²) in [6, 6.07) is 21.4. The summed E-state index contributed by atoms with van der Waals surface area (Å²) >= 11 is 0. The maximum Gasteiger partial charge on any atom is 0.343 e. The van der Waals surface area contributed by atoms with Gasteiger partial charge in [0, 0.05) is 64.5 Å². The molecule has 24 heteroatoms. The van der Waals surface area contributed by atoms with Crippen LogP contribution in [-0.4, -0.2) is 146 Å². The Labute approximate surface area is 457 Å². The van der Waals surface area contributed by atoms with Crippen LogP contribution in [0.4, 0.5) is 11.4 Å². The predicted octanol–water partition coefficient (Wildman–Crippen LogP) is 5.36. The van der Waals surface area contributed by atoms with Crippen molar-refractivity contribution in [1.82, 2.24) is 17.2 Å². The first kappa shape index (κ1) is 63.9. The van der Waals surface area contributed by atoms with Crippen molar-refractivity contribution in [1.29, 1.82) is 0 Å². The zero-order valence-corrected chi connectivity index (χ0v) is 47.4. The minimum Gasteiger partial charge on any atom is -0.459 e. The summed E-state index contributed by atoms with van der Waals surface area (Å²) in [6.45, 7) is 9.82. The van der Waals surface area contributed by atoms with Crippen molar-refractivity contribution in [2.24, 2.45) is 0 Å². The van der Waals surface area contributed by atoms with Gasteiger partial charge in [-0.15, -0.1) is 0 Å². The second-order valence-electron chi connectivity index (χ2n) is 20.2. The van der Waals surface area contributed by atoms with E-state index in [1.165, 1.54) is 76.5 Å². The number of hydrogen-bond donors (Lipinski definition) is 2. The Balaban J connectivity index is 1.46. The first-order chi connectivity index (χ1) is 36.4. The van der Waals surface area contributed by atoms with Crippen LogP contribution in [0.2, 0.25) is 0 Å². The summed E-state index contributed by atoms with van der Waals surface area (Å²) in [7, 11) is -6.54. The quantitative estimate of drug-likeness (QED) is 0.0299. The Hall–Kier alpha value is -6.64. The summed E-state index contributed by atoms with van der Waals surface area (Å²) < 4.78 is 94.9. The second-order valence-corrected chi connectivity index (χ2v) is 24.2. The van der Waals surface area contributed by atoms with Gasteiger partial charge in [0.2, 0.25) is 0 Å². The van der Waals surface area contributed by atoms with Crippen molar-refractivity contribution in [3.63, 3.8) is 0 Å². The minimum absolute atomic E-state index is 0.163. The Bertz CT molecular complexity index is 2710. The van der Waals surface area contributed by atoms with Gasteiger partial charge in [-0.05, 0) is 139 Å². The number of Topliss-reactive ketones (excluding diaryl/α,β-unsaturated/α-hetero) is 2. The fourth-order valence-corrected chi connectivity index (χ4v) is 10.2. The van der Waals surface area contributed by atoms with Crippen LogP contribution >= 0.6 is 0 Å². The van der Waals surface area contributed by atoms with Crippen molar-refractivity contribution in [3.8, 4) is 11.5 Å². The van der Waals surface area contributed by atoms with E-state index in [0.717, 1.165) is 17.2 Å². The number of ketones is 2. The molecule has 0 bridgehead atoms. The molecular weight excluding hydrogens is 1050 g/mol. The highest BCUT2D eigenvalue weighted by molar-refractivity contribution is 7.87. The molecule has 0 saturated heterocycles. The van der Waals surface area contributed by atoms with Crippen molar-refractivity contribution < 1.29 is 74.0 Å². The number of nitrogen functional groups attached to an aromatic ring is 2. The van der Waals surface area contributed by atoms with Gasteiger partial charge < -0.3 is 39.9 Å². The molecule has 4 aromatic carbocycles. The van der Waals surface area contributed by atoms with Gasteiger partial charge in [-0.3, -0.25) is 19.2 Å². The van der Waals surface area contributed by atoms with Crippen LogP contribution in [-0.2, 0) is 71.6 Å². The van der Waals surface area contributed by atoms with E-state index in [0.29, 0.717) is 22.5 Å². The first-order valence-corrected chi connectivity index (χ1v) is 27.5. The molecule has 426 valence electrons. The van der Waals surface area contributed by atoms with Crippen LogP contribution in [0.3, 0.4) is 0 Å². The highest BCUT2D eigenvalue weighted by Gasteiger charge is 2.42. The third kappa shape index (κ3) is 20.3. The van der Waals surface area contributed by atoms with Crippen LogP contribution in [0.15, 0.2) is 97.1 Å². The molecule has 4 aromatic rings. The highest BCUT2D eigenvalue weighted by atomic mass is 32.2. The molecule has 0 fully saturated rings. The van der Waals surface area contributed by atoms with Gasteiger partial charge in [0.15, 0.2) is 0 Å². The van der Waals surface area contributed by atoms with Gasteiger partial charge >= 0.3 is 23.9 Å². The molecule has 0 amide bonds. The molecule has 0 radical (unpaired) electrons. The number of carbonyl (C=O) groups excluding carboxylic acids is 6. The first-order valence-electron chi connectivity index (χ1n) is 24.8. The normalized spacial score (nSPS) is 13.1. The molecule has 0 aromatic heterocycles. The summed E-state index contributed by atoms with van der Waals surface area (Å²) in [5.41, 5.74) is 11.8. The van der Waals surface area contributed by atoms with Gasteiger partial charge in [-0.1, -0.05) is 24.3 Å². The second kappa shape index (κ2) is 28.3. The number of rotatable bonds is 29. The molecule has 78 heavy (non-hydrogen) atoms. The van der Waals surface area contributed by atoms with Crippen molar-refractivity contribution >= 4 is 67.2 Å². The number of carbonyl (C=O) groups is 6. The molecule has 4 N–H and O–H groups in total. The average molecular weight is 1130 g/mol. The van der Waals surface area contributed by atoms with Gasteiger partial charge in [0.1, 0.15) is 46.4 Å². The van der Waals surface area contributed by atoms with Crippen LogP contribution in [0, 0.1) is 0 Å². The standard InChI is InChI=1S/C54H72N6O16S2/c1-37(61)33-47(51(65)75-53(3,4)5)59(77(67,68)57(9)35-39-11-23-45(24-12-39)73-49(63)41-15-19-43(55)20-16-41)27-29-71-31-32-72-30-28-60(48(34-38(2)62)52(66)76-54(6,7)8)78(69,70)58(10)36-40-13-25-46(26-14-40)74-50(64)42-17-21-44(56)22-18-42/h11-26,47-48H,27-36,55-56H2,1-10H3/t47-,48-/m0/s1. The monoisotopic (exact) mass is 1120 g/mol. The van der Waals surface area contributed by atoms with E-state index >= 15 is 0 Å². The molecule has 0 aliphatic carbocycles. The summed E-state index contributed by atoms with van der Waals surface area (Å²) in [5.74, 6) is -3.76. The van der Waals surface area contributed by atoms with Crippen LogP contribution in [0.5, 0.6) is 11.5 Å². The molecule has 4 rings (SSSR count). The minimum atomic E-state index is -4.56. The van der Waals surface area contributed by atoms with E-state index in [1.54, 1.807) is 90.1 Å². The van der Waals surface area contributed by atoms with Gasteiger partial charge in [0.05, 0.1) is 37.6 Å². The topological polar surface area (TPSA) is 291 Å². The number of benzene rings is 4. The smallest absolute Gasteiger partial charge is 0.343 e. The van der Waals surface area contributed by atoms with Crippen molar-refractivity contribution in [2.75, 3.05) is 65.1 Å². The van der Waals surface area contributed by atoms with Gasteiger partial charge in [-0.2, -0.15) is 34.1 Å². The summed E-state index contributed by atoms with van der Waals surface area (Å²) in [5, 5.41) is 0. The van der Waals surface area contributed by atoms with E-state index in [1.807, 2.05) is 0 Å². The van der Waals surface area contributed by atoms with E-state index in [-0.39, 0.29) is 62.1 Å². The Morgan fingerprint density at radius 1 is 0.487 bits per heavy atom. The average Bonchev–Trinajstić information content (AvgIpc) is 3.33. The lowest BCUT2D eigenvalue weighted by Crippen LogP contribution is -2.53. The molecule has 0 saturated carbocycles. The molecule has 0 heterocycles. The number of ether oxygens (including phenoxy) is 6. The third-order valence-corrected chi connectivity index (χ3v) is 14.9. The molecule has 2 atom stereocenters. The lowest BCUT2D eigenvalue weighted by molar-refractivity contribution is -0.161. The molecule has 0 unspecified atom stereocenters. The Morgan fingerprint density at radius 3 is 1.08 bits per heavy atom. The lowest BCUT2D eigenvalue weighted by atomic mass is 10.1. The summed E-state index contributed by atoms with van der Waals surface area (Å²) in [6.07, 6.45) is -1.03. The maximum atomic E-state index is 14.4. The third-order valence-electron chi connectivity index (χ3n) is 11.1. The predicted molar refractivity (Wildman–Crippen MR) is 290 cm³/mol. The van der Waals surface area contributed by atoms with Gasteiger partial charge in [-0.25, -0.2) is 9.59 Å². The van der Waals surface area contributed by atoms with E-state index in [9.17, 15) is 45.6 Å². The summed E-state index contributed by atoms with van der Waals surface area (Å²) in [4.78, 5) is 77.8. The molecular formula is C54H72N6O16S2. The maximum absolute atomic E-state index is 14.4. The SMILES string of the molecule is CC(=O)C[C@@H](C(=O)OC(C)(C)C)N(CCOCCOCCN([C@@H](CC(C)=O)C(=O)OC(C)(C)C)S(=O)(=O)N(C)Cc1ccc(OC(=O)c2ccc(N)cc2)cc1)S(=O)(=O)N(C)Cc1ccc(OC(=O)c2ccc(N)cc2)cc1. The number of esters is 4. The van der Waals surface area contributed by atoms with Gasteiger partial charge in [0.25, 0.3) is 20.4 Å². The number of nitrogens with two attached hydrogens (primary N) is 2. The van der Waals surface area contributed by atoms with E-state index < -0.39 is 105 Å². The number of nitrogens with zero attached hydrogens (tertiary/aromatic N) is 4. The van der Waals surface area contributed by atoms with E-state index in [2.05, 4.69) is 0 Å².